The summed E-state index contributed by atoms with van der Waals surface area (Å²) in [4.78, 5) is 0. The van der Waals surface area contributed by atoms with Crippen LogP contribution in [0.5, 0.6) is 0 Å². The molecule has 2 heteroatoms. The Morgan fingerprint density at radius 1 is 0.476 bits per heavy atom. The minimum Gasteiger partial charge on any atom is -0.393 e. The van der Waals surface area contributed by atoms with Gasteiger partial charge in [0.1, 0.15) is 0 Å². The Hall–Kier alpha value is -0.0800. The molecule has 0 saturated heterocycles. The van der Waals surface area contributed by atoms with E-state index in [-0.39, 0.29) is 12.2 Å². The summed E-state index contributed by atoms with van der Waals surface area (Å²) in [6.45, 7) is 4.43. The molecule has 2 unspecified atom stereocenters. The number of aliphatic hydroxyl groups is 2. The van der Waals surface area contributed by atoms with Gasteiger partial charge in [0.25, 0.3) is 0 Å². The highest BCUT2D eigenvalue weighted by Gasteiger charge is 2.09. The van der Waals surface area contributed by atoms with Crippen molar-refractivity contribution in [1.29, 1.82) is 0 Å². The Labute approximate surface area is 133 Å². The van der Waals surface area contributed by atoms with Crippen molar-refractivity contribution < 1.29 is 10.2 Å². The highest BCUT2D eigenvalue weighted by atomic mass is 16.3. The van der Waals surface area contributed by atoms with Crippen molar-refractivity contribution in [1.82, 2.24) is 0 Å². The summed E-state index contributed by atoms with van der Waals surface area (Å²) in [7, 11) is 0. The minimum absolute atomic E-state index is 0.203. The molecule has 0 aliphatic heterocycles. The Morgan fingerprint density at radius 3 is 1.29 bits per heavy atom. The van der Waals surface area contributed by atoms with Gasteiger partial charge >= 0.3 is 0 Å². The van der Waals surface area contributed by atoms with Crippen LogP contribution in [0.4, 0.5) is 0 Å². The lowest BCUT2D eigenvalue weighted by molar-refractivity contribution is 0.101. The smallest absolute Gasteiger partial charge is 0.0541 e. The zero-order valence-corrected chi connectivity index (χ0v) is 14.7. The lowest BCUT2D eigenvalue weighted by Crippen LogP contribution is -2.13. The summed E-state index contributed by atoms with van der Waals surface area (Å²) in [5.41, 5.74) is 0. The lowest BCUT2D eigenvalue weighted by atomic mass is 10.0. The fraction of sp³-hybridized carbons (Fsp3) is 1.00. The summed E-state index contributed by atoms with van der Waals surface area (Å²) in [6.07, 6.45) is 17.0. The van der Waals surface area contributed by atoms with Gasteiger partial charge in [-0.2, -0.15) is 0 Å². The van der Waals surface area contributed by atoms with Crippen molar-refractivity contribution >= 4 is 0 Å². The van der Waals surface area contributed by atoms with Gasteiger partial charge in [-0.1, -0.05) is 84.5 Å². The summed E-state index contributed by atoms with van der Waals surface area (Å²) in [5.74, 6) is 0. The van der Waals surface area contributed by atoms with Crippen LogP contribution < -0.4 is 0 Å². The molecule has 0 heterocycles. The fourth-order valence-electron chi connectivity index (χ4n) is 2.82. The van der Waals surface area contributed by atoms with E-state index in [1.165, 1.54) is 57.8 Å². The van der Waals surface area contributed by atoms with Crippen molar-refractivity contribution in [2.24, 2.45) is 0 Å². The zero-order valence-electron chi connectivity index (χ0n) is 14.7. The molecule has 0 saturated carbocycles. The molecule has 128 valence electrons. The molecule has 0 aromatic heterocycles. The molecule has 0 aromatic carbocycles. The van der Waals surface area contributed by atoms with E-state index >= 15 is 0 Å². The largest absolute Gasteiger partial charge is 0.393 e. The van der Waals surface area contributed by atoms with Gasteiger partial charge in [-0.25, -0.2) is 0 Å². The Morgan fingerprint density at radius 2 is 0.810 bits per heavy atom. The first-order valence-corrected chi connectivity index (χ1v) is 9.56. The molecule has 0 rings (SSSR count). The van der Waals surface area contributed by atoms with Crippen LogP contribution in [0.3, 0.4) is 0 Å². The Balaban J connectivity index is 3.28. The van der Waals surface area contributed by atoms with Crippen molar-refractivity contribution in [3.63, 3.8) is 0 Å². The van der Waals surface area contributed by atoms with E-state index in [1.807, 2.05) is 0 Å². The molecule has 0 bridgehead atoms. The first-order valence-electron chi connectivity index (χ1n) is 9.56. The van der Waals surface area contributed by atoms with E-state index in [0.29, 0.717) is 0 Å². The molecule has 21 heavy (non-hydrogen) atoms. The highest BCUT2D eigenvalue weighted by molar-refractivity contribution is 4.62. The summed E-state index contributed by atoms with van der Waals surface area (Å²) >= 11 is 0. The Kier molecular flexibility index (Phi) is 16.2. The monoisotopic (exact) mass is 300 g/mol. The summed E-state index contributed by atoms with van der Waals surface area (Å²) in [6, 6.07) is 0. The van der Waals surface area contributed by atoms with Gasteiger partial charge in [0, 0.05) is 0 Å². The first kappa shape index (κ1) is 20.9. The lowest BCUT2D eigenvalue weighted by Gasteiger charge is -2.14. The van der Waals surface area contributed by atoms with Gasteiger partial charge in [-0.05, 0) is 25.7 Å². The molecule has 0 fully saturated rings. The average Bonchev–Trinajstić information content (AvgIpc) is 2.48. The van der Waals surface area contributed by atoms with E-state index in [2.05, 4.69) is 13.8 Å². The van der Waals surface area contributed by atoms with Gasteiger partial charge < -0.3 is 10.2 Å². The van der Waals surface area contributed by atoms with Crippen LogP contribution in [0.25, 0.3) is 0 Å². The summed E-state index contributed by atoms with van der Waals surface area (Å²) < 4.78 is 0. The third-order valence-electron chi connectivity index (χ3n) is 4.36. The van der Waals surface area contributed by atoms with Crippen molar-refractivity contribution in [2.75, 3.05) is 0 Å². The quantitative estimate of drug-likeness (QED) is 0.364. The molecule has 0 aromatic rings. The van der Waals surface area contributed by atoms with Crippen LogP contribution in [0.1, 0.15) is 110 Å². The molecule has 2 atom stereocenters. The standard InChI is InChI=1S/C19H40O2/c1-3-5-7-8-9-10-11-13-15-19(21)17-16-18(20)14-12-6-4-2/h18-21H,3-17H2,1-2H3. The third-order valence-corrected chi connectivity index (χ3v) is 4.36. The fourth-order valence-corrected chi connectivity index (χ4v) is 2.82. The van der Waals surface area contributed by atoms with Gasteiger partial charge in [0.2, 0.25) is 0 Å². The number of rotatable bonds is 16. The van der Waals surface area contributed by atoms with Gasteiger partial charge in [-0.15, -0.1) is 0 Å². The van der Waals surface area contributed by atoms with E-state index in [1.54, 1.807) is 0 Å². The second kappa shape index (κ2) is 16.3. The van der Waals surface area contributed by atoms with Gasteiger partial charge in [-0.3, -0.25) is 0 Å². The highest BCUT2D eigenvalue weighted by Crippen LogP contribution is 2.15. The van der Waals surface area contributed by atoms with E-state index < -0.39 is 0 Å². The SMILES string of the molecule is CCCCCCCCCCC(O)CCC(O)CCCCC. The molecule has 2 N–H and O–H groups in total. The molecule has 0 aliphatic rings. The molecular weight excluding hydrogens is 260 g/mol. The van der Waals surface area contributed by atoms with E-state index in [0.717, 1.165) is 38.5 Å². The number of aliphatic hydroxyl groups excluding tert-OH is 2. The van der Waals surface area contributed by atoms with E-state index in [4.69, 9.17) is 0 Å². The van der Waals surface area contributed by atoms with Gasteiger partial charge in [0.05, 0.1) is 12.2 Å². The van der Waals surface area contributed by atoms with Crippen LogP contribution >= 0.6 is 0 Å². The van der Waals surface area contributed by atoms with E-state index in [9.17, 15) is 10.2 Å². The second-order valence-electron chi connectivity index (χ2n) is 6.64. The number of hydrogen-bond donors (Lipinski definition) is 2. The number of hydrogen-bond acceptors (Lipinski definition) is 2. The van der Waals surface area contributed by atoms with Crippen molar-refractivity contribution in [2.45, 2.75) is 122 Å². The van der Waals surface area contributed by atoms with Crippen molar-refractivity contribution in [3.05, 3.63) is 0 Å². The average molecular weight is 301 g/mol. The predicted molar refractivity (Wildman–Crippen MR) is 92.6 cm³/mol. The van der Waals surface area contributed by atoms with Crippen LogP contribution in [-0.2, 0) is 0 Å². The molecule has 0 amide bonds. The maximum Gasteiger partial charge on any atom is 0.0541 e. The van der Waals surface area contributed by atoms with Crippen molar-refractivity contribution in [3.8, 4) is 0 Å². The zero-order chi connectivity index (χ0) is 15.8. The third kappa shape index (κ3) is 16.1. The van der Waals surface area contributed by atoms with Crippen LogP contribution in [-0.4, -0.2) is 22.4 Å². The van der Waals surface area contributed by atoms with Crippen LogP contribution in [0, 0.1) is 0 Å². The van der Waals surface area contributed by atoms with Crippen LogP contribution in [0.15, 0.2) is 0 Å². The maximum atomic E-state index is 9.93. The van der Waals surface area contributed by atoms with Gasteiger partial charge in [0.15, 0.2) is 0 Å². The van der Waals surface area contributed by atoms with Crippen LogP contribution in [0.2, 0.25) is 0 Å². The maximum absolute atomic E-state index is 9.93. The first-order chi connectivity index (χ1) is 10.2. The normalized spacial score (nSPS) is 14.3. The molecule has 0 radical (unpaired) electrons. The minimum atomic E-state index is -0.204. The predicted octanol–water partition coefficient (Wildman–Crippen LogP) is 5.60. The second-order valence-corrected chi connectivity index (χ2v) is 6.64. The Bertz CT molecular complexity index is 194. The number of unbranched alkanes of at least 4 members (excludes halogenated alkanes) is 9. The molecular formula is C19H40O2. The molecule has 0 aliphatic carbocycles. The topological polar surface area (TPSA) is 40.5 Å². The summed E-state index contributed by atoms with van der Waals surface area (Å²) in [5, 5.41) is 19.8. The molecule has 2 nitrogen and oxygen atoms in total. The molecule has 0 spiro atoms.